The van der Waals surface area contributed by atoms with Gasteiger partial charge in [-0.25, -0.2) is 8.42 Å². The highest BCUT2D eigenvalue weighted by Gasteiger charge is 2.32. The second-order valence-corrected chi connectivity index (χ2v) is 8.35. The molecule has 0 saturated heterocycles. The van der Waals surface area contributed by atoms with E-state index in [2.05, 4.69) is 10.6 Å². The minimum Gasteiger partial charge on any atom is -0.467 e. The molecule has 0 spiro atoms. The standard InChI is InChI=1S/C18H21N3O5S/c1-12-8-14-9-13(5-6-16(14)21(12)27(2,24)25)18(23)20-11-17(22)19-10-15-4-3-7-26-15/h3-7,9,12H,8,10-11H2,1-2H3,(H,19,22)(H,20,23)/t12-/m1/s1. The van der Waals surface area contributed by atoms with Gasteiger partial charge in [0.05, 0.1) is 31.3 Å². The molecule has 3 rings (SSSR count). The Bertz CT molecular complexity index is 953. The molecule has 0 saturated carbocycles. The molecule has 1 aromatic carbocycles. The van der Waals surface area contributed by atoms with Crippen LogP contribution in [0.15, 0.2) is 41.0 Å². The Morgan fingerprint density at radius 1 is 1.26 bits per heavy atom. The molecule has 1 aliphatic heterocycles. The first kappa shape index (κ1) is 19.0. The van der Waals surface area contributed by atoms with E-state index in [0.717, 1.165) is 5.56 Å². The highest BCUT2D eigenvalue weighted by molar-refractivity contribution is 7.92. The minimum atomic E-state index is -3.37. The van der Waals surface area contributed by atoms with Crippen LogP contribution in [0.1, 0.15) is 28.6 Å². The quantitative estimate of drug-likeness (QED) is 0.765. The molecule has 2 aromatic rings. The first-order valence-corrected chi connectivity index (χ1v) is 10.3. The van der Waals surface area contributed by atoms with Gasteiger partial charge in [0.15, 0.2) is 0 Å². The molecule has 144 valence electrons. The number of rotatable bonds is 6. The Hall–Kier alpha value is -2.81. The lowest BCUT2D eigenvalue weighted by Gasteiger charge is -2.21. The molecule has 0 unspecified atom stereocenters. The average molecular weight is 391 g/mol. The van der Waals surface area contributed by atoms with Gasteiger partial charge in [-0.3, -0.25) is 13.9 Å². The Morgan fingerprint density at radius 3 is 2.70 bits per heavy atom. The zero-order chi connectivity index (χ0) is 19.6. The monoisotopic (exact) mass is 391 g/mol. The summed E-state index contributed by atoms with van der Waals surface area (Å²) in [6.45, 7) is 1.91. The zero-order valence-electron chi connectivity index (χ0n) is 15.1. The van der Waals surface area contributed by atoms with Crippen LogP contribution in [0.4, 0.5) is 5.69 Å². The number of nitrogens with one attached hydrogen (secondary N) is 2. The van der Waals surface area contributed by atoms with Gasteiger partial charge in [0.25, 0.3) is 5.91 Å². The van der Waals surface area contributed by atoms with Crippen molar-refractivity contribution in [3.8, 4) is 0 Å². The third-order valence-corrected chi connectivity index (χ3v) is 5.57. The second kappa shape index (κ2) is 7.43. The summed E-state index contributed by atoms with van der Waals surface area (Å²) in [7, 11) is -3.37. The molecule has 27 heavy (non-hydrogen) atoms. The molecular weight excluding hydrogens is 370 g/mol. The molecule has 2 amide bonds. The third kappa shape index (κ3) is 4.30. The summed E-state index contributed by atoms with van der Waals surface area (Å²) < 4.78 is 30.4. The van der Waals surface area contributed by atoms with E-state index in [4.69, 9.17) is 4.42 Å². The molecule has 8 nitrogen and oxygen atoms in total. The maximum absolute atomic E-state index is 12.3. The predicted molar refractivity (Wildman–Crippen MR) is 99.8 cm³/mol. The number of fused-ring (bicyclic) bond motifs is 1. The predicted octanol–water partition coefficient (Wildman–Crippen LogP) is 1.04. The number of nitrogens with zero attached hydrogens (tertiary/aromatic N) is 1. The van der Waals surface area contributed by atoms with Crippen molar-refractivity contribution in [3.63, 3.8) is 0 Å². The van der Waals surface area contributed by atoms with E-state index in [1.54, 1.807) is 30.3 Å². The van der Waals surface area contributed by atoms with E-state index >= 15 is 0 Å². The fourth-order valence-electron chi connectivity index (χ4n) is 3.17. The maximum Gasteiger partial charge on any atom is 0.251 e. The number of amides is 2. The van der Waals surface area contributed by atoms with Crippen molar-refractivity contribution >= 4 is 27.5 Å². The third-order valence-electron chi connectivity index (χ3n) is 4.30. The van der Waals surface area contributed by atoms with Crippen LogP contribution in [0.2, 0.25) is 0 Å². The number of hydrogen-bond acceptors (Lipinski definition) is 5. The van der Waals surface area contributed by atoms with Gasteiger partial charge in [0, 0.05) is 11.6 Å². The largest absolute Gasteiger partial charge is 0.467 e. The molecule has 1 atom stereocenters. The van der Waals surface area contributed by atoms with E-state index in [0.29, 0.717) is 23.4 Å². The topological polar surface area (TPSA) is 109 Å². The van der Waals surface area contributed by atoms with Crippen LogP contribution in [0, 0.1) is 0 Å². The van der Waals surface area contributed by atoms with Crippen molar-refractivity contribution in [1.29, 1.82) is 0 Å². The molecule has 9 heteroatoms. The molecular formula is C18H21N3O5S. The van der Waals surface area contributed by atoms with Crippen LogP contribution in [0.3, 0.4) is 0 Å². The molecule has 0 aliphatic carbocycles. The Balaban J connectivity index is 1.60. The number of carbonyl (C=O) groups is 2. The fraction of sp³-hybridized carbons (Fsp3) is 0.333. The summed E-state index contributed by atoms with van der Waals surface area (Å²) in [5, 5.41) is 5.20. The van der Waals surface area contributed by atoms with E-state index in [9.17, 15) is 18.0 Å². The molecule has 0 bridgehead atoms. The van der Waals surface area contributed by atoms with E-state index in [1.807, 2.05) is 6.92 Å². The van der Waals surface area contributed by atoms with E-state index in [-0.39, 0.29) is 25.0 Å². The first-order valence-electron chi connectivity index (χ1n) is 8.45. The van der Waals surface area contributed by atoms with Gasteiger partial charge in [0.1, 0.15) is 5.76 Å². The number of hydrogen-bond donors (Lipinski definition) is 2. The van der Waals surface area contributed by atoms with E-state index in [1.165, 1.54) is 16.8 Å². The zero-order valence-corrected chi connectivity index (χ0v) is 15.9. The SMILES string of the molecule is C[C@@H]1Cc2cc(C(=O)NCC(=O)NCc3ccco3)ccc2N1S(C)(=O)=O. The summed E-state index contributed by atoms with van der Waals surface area (Å²) in [4.78, 5) is 24.1. The van der Waals surface area contributed by atoms with Crippen LogP contribution < -0.4 is 14.9 Å². The van der Waals surface area contributed by atoms with Crippen molar-refractivity contribution in [2.45, 2.75) is 25.9 Å². The number of benzene rings is 1. The minimum absolute atomic E-state index is 0.164. The molecule has 1 aromatic heterocycles. The highest BCUT2D eigenvalue weighted by atomic mass is 32.2. The number of sulfonamides is 1. The van der Waals surface area contributed by atoms with Crippen LogP contribution in [-0.2, 0) is 27.8 Å². The van der Waals surface area contributed by atoms with Crippen molar-refractivity contribution in [1.82, 2.24) is 10.6 Å². The summed E-state index contributed by atoms with van der Waals surface area (Å²) in [6.07, 6.45) is 3.22. The van der Waals surface area contributed by atoms with Crippen LogP contribution in [0.25, 0.3) is 0 Å². The summed E-state index contributed by atoms with van der Waals surface area (Å²) in [5.41, 5.74) is 1.77. The van der Waals surface area contributed by atoms with Crippen LogP contribution in [-0.4, -0.2) is 39.1 Å². The normalized spacial score (nSPS) is 16.1. The van der Waals surface area contributed by atoms with Gasteiger partial charge in [-0.15, -0.1) is 0 Å². The van der Waals surface area contributed by atoms with E-state index < -0.39 is 15.9 Å². The molecule has 0 fully saturated rings. The van der Waals surface area contributed by atoms with Gasteiger partial charge in [-0.1, -0.05) is 0 Å². The lowest BCUT2D eigenvalue weighted by Crippen LogP contribution is -2.36. The molecule has 2 heterocycles. The lowest BCUT2D eigenvalue weighted by molar-refractivity contribution is -0.120. The number of furan rings is 1. The fourth-order valence-corrected chi connectivity index (χ4v) is 4.44. The van der Waals surface area contributed by atoms with Gasteiger partial charge < -0.3 is 15.1 Å². The lowest BCUT2D eigenvalue weighted by atomic mass is 10.1. The Morgan fingerprint density at radius 2 is 2.04 bits per heavy atom. The van der Waals surface area contributed by atoms with Crippen molar-refractivity contribution in [3.05, 3.63) is 53.5 Å². The second-order valence-electron chi connectivity index (χ2n) is 6.49. The smallest absolute Gasteiger partial charge is 0.251 e. The number of carbonyl (C=O) groups excluding carboxylic acids is 2. The Labute approximate surface area is 157 Å². The summed E-state index contributed by atoms with van der Waals surface area (Å²) in [5.74, 6) is -0.105. The Kier molecular flexibility index (Phi) is 5.22. The highest BCUT2D eigenvalue weighted by Crippen LogP contribution is 2.34. The molecule has 0 radical (unpaired) electrons. The van der Waals surface area contributed by atoms with Crippen LogP contribution in [0.5, 0.6) is 0 Å². The molecule has 2 N–H and O–H groups in total. The summed E-state index contributed by atoms with van der Waals surface area (Å²) in [6, 6.07) is 8.14. The number of anilines is 1. The van der Waals surface area contributed by atoms with Gasteiger partial charge in [0.2, 0.25) is 15.9 Å². The average Bonchev–Trinajstić information content (AvgIpc) is 3.22. The van der Waals surface area contributed by atoms with Crippen molar-refractivity contribution in [2.24, 2.45) is 0 Å². The van der Waals surface area contributed by atoms with Crippen molar-refractivity contribution < 1.29 is 22.4 Å². The molecule has 1 aliphatic rings. The van der Waals surface area contributed by atoms with Gasteiger partial charge >= 0.3 is 0 Å². The van der Waals surface area contributed by atoms with Crippen molar-refractivity contribution in [2.75, 3.05) is 17.1 Å². The van der Waals surface area contributed by atoms with Gasteiger partial charge in [-0.2, -0.15) is 0 Å². The maximum atomic E-state index is 12.3. The van der Waals surface area contributed by atoms with Gasteiger partial charge in [-0.05, 0) is 49.2 Å². The first-order chi connectivity index (χ1) is 12.8. The van der Waals surface area contributed by atoms with Crippen LogP contribution >= 0.6 is 0 Å². The summed E-state index contributed by atoms with van der Waals surface area (Å²) >= 11 is 0.